The molecule has 1 aliphatic carbocycles. The molecule has 0 aliphatic heterocycles. The minimum Gasteiger partial charge on any atom is -0.380 e. The SMILES string of the molecule is COC1CCCCC1Nc1ccc(Cl)c(Br)c1. The van der Waals surface area contributed by atoms with E-state index in [4.69, 9.17) is 16.3 Å². The Morgan fingerprint density at radius 1 is 1.35 bits per heavy atom. The summed E-state index contributed by atoms with van der Waals surface area (Å²) in [5.41, 5.74) is 1.09. The smallest absolute Gasteiger partial charge is 0.0772 e. The summed E-state index contributed by atoms with van der Waals surface area (Å²) >= 11 is 9.42. The molecule has 0 bridgehead atoms. The summed E-state index contributed by atoms with van der Waals surface area (Å²) < 4.78 is 6.45. The highest BCUT2D eigenvalue weighted by Crippen LogP contribution is 2.28. The molecule has 1 fully saturated rings. The molecule has 1 N–H and O–H groups in total. The normalized spacial score (nSPS) is 24.6. The zero-order chi connectivity index (χ0) is 12.3. The van der Waals surface area contributed by atoms with Gasteiger partial charge in [-0.1, -0.05) is 24.4 Å². The molecule has 1 aromatic rings. The Labute approximate surface area is 116 Å². The van der Waals surface area contributed by atoms with E-state index in [1.165, 1.54) is 19.3 Å². The minimum absolute atomic E-state index is 0.318. The summed E-state index contributed by atoms with van der Waals surface area (Å²) in [5.74, 6) is 0. The molecular weight excluding hydrogens is 302 g/mol. The number of rotatable bonds is 3. The number of hydrogen-bond donors (Lipinski definition) is 1. The first kappa shape index (κ1) is 13.2. The number of halogens is 2. The maximum atomic E-state index is 5.98. The second-order valence-corrected chi connectivity index (χ2v) is 5.70. The highest BCUT2D eigenvalue weighted by Gasteiger charge is 2.24. The molecule has 0 heterocycles. The first-order valence-corrected chi connectivity index (χ1v) is 7.12. The van der Waals surface area contributed by atoms with Gasteiger partial charge < -0.3 is 10.1 Å². The molecule has 1 aromatic carbocycles. The van der Waals surface area contributed by atoms with Crippen molar-refractivity contribution in [1.82, 2.24) is 0 Å². The van der Waals surface area contributed by atoms with Gasteiger partial charge in [0.2, 0.25) is 0 Å². The molecule has 2 nitrogen and oxygen atoms in total. The summed E-state index contributed by atoms with van der Waals surface area (Å²) in [7, 11) is 1.79. The molecule has 2 unspecified atom stereocenters. The summed E-state index contributed by atoms with van der Waals surface area (Å²) in [4.78, 5) is 0. The van der Waals surface area contributed by atoms with E-state index in [2.05, 4.69) is 21.2 Å². The van der Waals surface area contributed by atoms with E-state index in [9.17, 15) is 0 Å². The molecule has 0 radical (unpaired) electrons. The van der Waals surface area contributed by atoms with Crippen LogP contribution in [-0.2, 0) is 4.74 Å². The molecule has 94 valence electrons. The van der Waals surface area contributed by atoms with Crippen LogP contribution in [0.2, 0.25) is 5.02 Å². The van der Waals surface area contributed by atoms with Crippen LogP contribution < -0.4 is 5.32 Å². The molecular formula is C13H17BrClNO. The fourth-order valence-electron chi connectivity index (χ4n) is 2.34. The monoisotopic (exact) mass is 317 g/mol. The van der Waals surface area contributed by atoms with Crippen molar-refractivity contribution in [2.45, 2.75) is 37.8 Å². The lowest BCUT2D eigenvalue weighted by Gasteiger charge is -2.31. The van der Waals surface area contributed by atoms with E-state index in [1.54, 1.807) is 7.11 Å². The average Bonchev–Trinajstić information content (AvgIpc) is 2.34. The summed E-state index contributed by atoms with van der Waals surface area (Å²) in [6, 6.07) is 6.33. The van der Waals surface area contributed by atoms with Crippen molar-refractivity contribution in [3.05, 3.63) is 27.7 Å². The fraction of sp³-hybridized carbons (Fsp3) is 0.538. The van der Waals surface area contributed by atoms with Gasteiger partial charge in [-0.2, -0.15) is 0 Å². The van der Waals surface area contributed by atoms with Gasteiger partial charge in [0.15, 0.2) is 0 Å². The predicted octanol–water partition coefficient (Wildman–Crippen LogP) is 4.47. The fourth-order valence-corrected chi connectivity index (χ4v) is 2.84. The van der Waals surface area contributed by atoms with Crippen LogP contribution in [0.15, 0.2) is 22.7 Å². The second kappa shape index (κ2) is 6.07. The zero-order valence-corrected chi connectivity index (χ0v) is 12.2. The van der Waals surface area contributed by atoms with Gasteiger partial charge in [-0.25, -0.2) is 0 Å². The van der Waals surface area contributed by atoms with Crippen molar-refractivity contribution in [3.63, 3.8) is 0 Å². The Hall–Kier alpha value is -0.250. The first-order chi connectivity index (χ1) is 8.20. The molecule has 4 heteroatoms. The van der Waals surface area contributed by atoms with E-state index < -0.39 is 0 Å². The van der Waals surface area contributed by atoms with E-state index in [0.29, 0.717) is 12.1 Å². The van der Waals surface area contributed by atoms with Crippen molar-refractivity contribution in [3.8, 4) is 0 Å². The molecule has 17 heavy (non-hydrogen) atoms. The molecule has 0 aromatic heterocycles. The van der Waals surface area contributed by atoms with Crippen molar-refractivity contribution < 1.29 is 4.74 Å². The van der Waals surface area contributed by atoms with E-state index in [-0.39, 0.29) is 0 Å². The maximum absolute atomic E-state index is 5.98. The topological polar surface area (TPSA) is 21.3 Å². The molecule has 0 saturated heterocycles. The molecule has 0 spiro atoms. The number of ether oxygens (including phenoxy) is 1. The van der Waals surface area contributed by atoms with E-state index in [1.807, 2.05) is 18.2 Å². The van der Waals surface area contributed by atoms with Gasteiger partial charge in [0.1, 0.15) is 0 Å². The van der Waals surface area contributed by atoms with Gasteiger partial charge >= 0.3 is 0 Å². The Morgan fingerprint density at radius 3 is 2.82 bits per heavy atom. The Morgan fingerprint density at radius 2 is 2.12 bits per heavy atom. The molecule has 2 rings (SSSR count). The first-order valence-electron chi connectivity index (χ1n) is 5.95. The van der Waals surface area contributed by atoms with Crippen LogP contribution in [0.1, 0.15) is 25.7 Å². The van der Waals surface area contributed by atoms with E-state index in [0.717, 1.165) is 21.6 Å². The number of benzene rings is 1. The van der Waals surface area contributed by atoms with Crippen molar-refractivity contribution in [2.24, 2.45) is 0 Å². The highest BCUT2D eigenvalue weighted by molar-refractivity contribution is 9.10. The second-order valence-electron chi connectivity index (χ2n) is 4.44. The zero-order valence-electron chi connectivity index (χ0n) is 9.88. The summed E-state index contributed by atoms with van der Waals surface area (Å²) in [6.07, 6.45) is 5.16. The number of nitrogens with one attached hydrogen (secondary N) is 1. The molecule has 2 atom stereocenters. The molecule has 0 amide bonds. The van der Waals surface area contributed by atoms with Crippen LogP contribution in [0.5, 0.6) is 0 Å². The predicted molar refractivity (Wildman–Crippen MR) is 75.8 cm³/mol. The van der Waals surface area contributed by atoms with Gasteiger partial charge in [0, 0.05) is 17.3 Å². The lowest BCUT2D eigenvalue weighted by atomic mass is 9.92. The quantitative estimate of drug-likeness (QED) is 0.887. The average molecular weight is 319 g/mol. The van der Waals surface area contributed by atoms with Crippen LogP contribution in [-0.4, -0.2) is 19.3 Å². The van der Waals surface area contributed by atoms with Gasteiger partial charge in [-0.3, -0.25) is 0 Å². The third kappa shape index (κ3) is 3.36. The lowest BCUT2D eigenvalue weighted by molar-refractivity contribution is 0.0606. The van der Waals surface area contributed by atoms with Crippen LogP contribution in [0.4, 0.5) is 5.69 Å². The number of hydrogen-bond acceptors (Lipinski definition) is 2. The summed E-state index contributed by atoms with van der Waals surface area (Å²) in [6.45, 7) is 0. The highest BCUT2D eigenvalue weighted by atomic mass is 79.9. The van der Waals surface area contributed by atoms with E-state index >= 15 is 0 Å². The third-order valence-electron chi connectivity index (χ3n) is 3.28. The Bertz CT molecular complexity index is 386. The Balaban J connectivity index is 2.05. The Kier molecular flexibility index (Phi) is 4.71. The maximum Gasteiger partial charge on any atom is 0.0772 e. The van der Waals surface area contributed by atoms with Crippen molar-refractivity contribution in [1.29, 1.82) is 0 Å². The van der Waals surface area contributed by atoms with Crippen LogP contribution in [0.3, 0.4) is 0 Å². The van der Waals surface area contributed by atoms with Gasteiger partial charge in [0.25, 0.3) is 0 Å². The van der Waals surface area contributed by atoms with Crippen LogP contribution in [0, 0.1) is 0 Å². The van der Waals surface area contributed by atoms with Crippen molar-refractivity contribution >= 4 is 33.2 Å². The van der Waals surface area contributed by atoms with Gasteiger partial charge in [0.05, 0.1) is 17.2 Å². The third-order valence-corrected chi connectivity index (χ3v) is 4.49. The summed E-state index contributed by atoms with van der Waals surface area (Å²) in [5, 5.41) is 4.27. The standard InChI is InChI=1S/C13H17BrClNO/c1-17-13-5-3-2-4-12(13)16-9-6-7-11(15)10(14)8-9/h6-8,12-13,16H,2-5H2,1H3. The number of methoxy groups -OCH3 is 1. The van der Waals surface area contributed by atoms with Crippen LogP contribution >= 0.6 is 27.5 Å². The van der Waals surface area contributed by atoms with Gasteiger partial charge in [-0.15, -0.1) is 0 Å². The largest absolute Gasteiger partial charge is 0.380 e. The van der Waals surface area contributed by atoms with Crippen molar-refractivity contribution in [2.75, 3.05) is 12.4 Å². The minimum atomic E-state index is 0.318. The lowest BCUT2D eigenvalue weighted by Crippen LogP contribution is -2.37. The van der Waals surface area contributed by atoms with Crippen LogP contribution in [0.25, 0.3) is 0 Å². The van der Waals surface area contributed by atoms with Gasteiger partial charge in [-0.05, 0) is 47.0 Å². The molecule has 1 saturated carbocycles. The molecule has 1 aliphatic rings. The number of anilines is 1.